The molecule has 1 aliphatic carbocycles. The SMILES string of the molecule is NC(=O)C1(c2cccnc2)CCC1c1cccnc1. The Morgan fingerprint density at radius 2 is 1.95 bits per heavy atom. The normalized spacial score (nSPS) is 25.6. The van der Waals surface area contributed by atoms with Gasteiger partial charge in [0, 0.05) is 30.7 Å². The second-order valence-corrected chi connectivity index (χ2v) is 4.95. The molecule has 2 atom stereocenters. The van der Waals surface area contributed by atoms with Gasteiger partial charge in [-0.15, -0.1) is 0 Å². The summed E-state index contributed by atoms with van der Waals surface area (Å²) in [4.78, 5) is 20.3. The minimum atomic E-state index is -0.628. The first-order valence-electron chi connectivity index (χ1n) is 6.35. The minimum Gasteiger partial charge on any atom is -0.369 e. The molecular formula is C15H15N3O. The monoisotopic (exact) mass is 253 g/mol. The van der Waals surface area contributed by atoms with Gasteiger partial charge in [-0.25, -0.2) is 0 Å². The van der Waals surface area contributed by atoms with Crippen LogP contribution in [0.4, 0.5) is 0 Å². The predicted octanol–water partition coefficient (Wildman–Crippen LogP) is 1.78. The summed E-state index contributed by atoms with van der Waals surface area (Å²) in [5, 5.41) is 0. The molecule has 0 spiro atoms. The summed E-state index contributed by atoms with van der Waals surface area (Å²) in [6.07, 6.45) is 8.72. The molecule has 0 bridgehead atoms. The molecule has 96 valence electrons. The first-order valence-corrected chi connectivity index (χ1v) is 6.35. The minimum absolute atomic E-state index is 0.0999. The zero-order valence-electron chi connectivity index (χ0n) is 10.5. The maximum atomic E-state index is 12.1. The Hall–Kier alpha value is -2.23. The van der Waals surface area contributed by atoms with E-state index in [4.69, 9.17) is 5.73 Å². The number of nitrogens with two attached hydrogens (primary N) is 1. The van der Waals surface area contributed by atoms with Gasteiger partial charge in [-0.1, -0.05) is 12.1 Å². The number of aromatic nitrogens is 2. The highest BCUT2D eigenvalue weighted by Gasteiger charge is 2.53. The molecule has 0 aromatic carbocycles. The van der Waals surface area contributed by atoms with Crippen LogP contribution in [0.3, 0.4) is 0 Å². The van der Waals surface area contributed by atoms with Crippen molar-refractivity contribution in [1.82, 2.24) is 9.97 Å². The van der Waals surface area contributed by atoms with Crippen LogP contribution in [0.2, 0.25) is 0 Å². The smallest absolute Gasteiger partial charge is 0.228 e. The van der Waals surface area contributed by atoms with E-state index in [0.717, 1.165) is 24.0 Å². The van der Waals surface area contributed by atoms with Crippen molar-refractivity contribution >= 4 is 5.91 Å². The lowest BCUT2D eigenvalue weighted by Crippen LogP contribution is -2.52. The van der Waals surface area contributed by atoms with E-state index >= 15 is 0 Å². The van der Waals surface area contributed by atoms with E-state index in [-0.39, 0.29) is 11.8 Å². The molecule has 2 unspecified atom stereocenters. The van der Waals surface area contributed by atoms with Gasteiger partial charge in [0.2, 0.25) is 5.91 Å². The molecule has 2 heterocycles. The zero-order valence-corrected chi connectivity index (χ0v) is 10.5. The van der Waals surface area contributed by atoms with Gasteiger partial charge in [-0.3, -0.25) is 14.8 Å². The van der Waals surface area contributed by atoms with Crippen LogP contribution in [0.5, 0.6) is 0 Å². The number of amides is 1. The van der Waals surface area contributed by atoms with Gasteiger partial charge in [0.25, 0.3) is 0 Å². The van der Waals surface area contributed by atoms with E-state index in [9.17, 15) is 4.79 Å². The van der Waals surface area contributed by atoms with Crippen LogP contribution >= 0.6 is 0 Å². The number of nitrogens with zero attached hydrogens (tertiary/aromatic N) is 2. The molecule has 3 rings (SSSR count). The largest absolute Gasteiger partial charge is 0.369 e. The molecule has 0 aliphatic heterocycles. The number of rotatable bonds is 3. The maximum absolute atomic E-state index is 12.1. The van der Waals surface area contributed by atoms with Crippen molar-refractivity contribution in [2.75, 3.05) is 0 Å². The molecule has 2 aromatic heterocycles. The molecule has 2 aromatic rings. The molecule has 19 heavy (non-hydrogen) atoms. The average Bonchev–Trinajstić information content (AvgIpc) is 2.40. The molecule has 0 radical (unpaired) electrons. The van der Waals surface area contributed by atoms with E-state index in [2.05, 4.69) is 9.97 Å². The quantitative estimate of drug-likeness (QED) is 0.906. The third kappa shape index (κ3) is 1.71. The fourth-order valence-electron chi connectivity index (χ4n) is 3.02. The summed E-state index contributed by atoms with van der Waals surface area (Å²) in [5.74, 6) is -0.177. The van der Waals surface area contributed by atoms with Gasteiger partial charge in [0.05, 0.1) is 5.41 Å². The van der Waals surface area contributed by atoms with Gasteiger partial charge in [0.15, 0.2) is 0 Å². The summed E-state index contributed by atoms with van der Waals surface area (Å²) >= 11 is 0. The van der Waals surface area contributed by atoms with E-state index in [1.54, 1.807) is 18.6 Å². The second-order valence-electron chi connectivity index (χ2n) is 4.95. The van der Waals surface area contributed by atoms with Crippen LogP contribution < -0.4 is 5.73 Å². The highest BCUT2D eigenvalue weighted by molar-refractivity contribution is 5.89. The van der Waals surface area contributed by atoms with Crippen LogP contribution in [-0.2, 0) is 10.2 Å². The van der Waals surface area contributed by atoms with Gasteiger partial charge in [-0.05, 0) is 36.1 Å². The lowest BCUT2D eigenvalue weighted by atomic mass is 9.54. The van der Waals surface area contributed by atoms with E-state index < -0.39 is 5.41 Å². The van der Waals surface area contributed by atoms with Crippen LogP contribution in [0.15, 0.2) is 49.1 Å². The number of hydrogen-bond acceptors (Lipinski definition) is 3. The van der Waals surface area contributed by atoms with Gasteiger partial charge < -0.3 is 5.73 Å². The third-order valence-corrected chi connectivity index (χ3v) is 4.13. The van der Waals surface area contributed by atoms with Crippen molar-refractivity contribution in [2.24, 2.45) is 5.73 Å². The highest BCUT2D eigenvalue weighted by atomic mass is 16.1. The average molecular weight is 253 g/mol. The van der Waals surface area contributed by atoms with Crippen molar-refractivity contribution < 1.29 is 4.79 Å². The van der Waals surface area contributed by atoms with Crippen molar-refractivity contribution in [1.29, 1.82) is 0 Å². The second kappa shape index (κ2) is 4.46. The molecule has 4 nitrogen and oxygen atoms in total. The number of pyridine rings is 2. The molecule has 1 fully saturated rings. The Morgan fingerprint density at radius 3 is 2.42 bits per heavy atom. The fourth-order valence-corrected chi connectivity index (χ4v) is 3.02. The summed E-state index contributed by atoms with van der Waals surface area (Å²) in [6, 6.07) is 7.67. The molecule has 0 saturated heterocycles. The first kappa shape index (κ1) is 11.8. The summed E-state index contributed by atoms with van der Waals surface area (Å²) < 4.78 is 0. The Bertz CT molecular complexity index is 585. The summed E-state index contributed by atoms with van der Waals surface area (Å²) in [7, 11) is 0. The lowest BCUT2D eigenvalue weighted by molar-refractivity contribution is -0.127. The van der Waals surface area contributed by atoms with Crippen molar-refractivity contribution in [3.63, 3.8) is 0 Å². The Balaban J connectivity index is 2.06. The summed E-state index contributed by atoms with van der Waals surface area (Å²) in [5.41, 5.74) is 7.05. The Morgan fingerprint density at radius 1 is 1.21 bits per heavy atom. The fraction of sp³-hybridized carbons (Fsp3) is 0.267. The van der Waals surface area contributed by atoms with E-state index in [1.807, 2.05) is 30.5 Å². The van der Waals surface area contributed by atoms with Gasteiger partial charge in [-0.2, -0.15) is 0 Å². The van der Waals surface area contributed by atoms with Crippen LogP contribution in [0.1, 0.15) is 29.9 Å². The lowest BCUT2D eigenvalue weighted by Gasteiger charge is -2.47. The maximum Gasteiger partial charge on any atom is 0.228 e. The van der Waals surface area contributed by atoms with Crippen LogP contribution in [0, 0.1) is 0 Å². The number of primary amides is 1. The highest BCUT2D eigenvalue weighted by Crippen LogP contribution is 2.54. The van der Waals surface area contributed by atoms with E-state index in [1.165, 1.54) is 0 Å². The van der Waals surface area contributed by atoms with Crippen molar-refractivity contribution in [3.05, 3.63) is 60.2 Å². The molecule has 2 N–H and O–H groups in total. The number of carbonyl (C=O) groups excluding carboxylic acids is 1. The molecule has 1 amide bonds. The van der Waals surface area contributed by atoms with Crippen LogP contribution in [-0.4, -0.2) is 15.9 Å². The van der Waals surface area contributed by atoms with Gasteiger partial charge >= 0.3 is 0 Å². The zero-order chi connectivity index (χ0) is 13.3. The Kier molecular flexibility index (Phi) is 2.78. The topological polar surface area (TPSA) is 68.9 Å². The van der Waals surface area contributed by atoms with Crippen LogP contribution in [0.25, 0.3) is 0 Å². The Labute approximate surface area is 111 Å². The first-order chi connectivity index (χ1) is 9.25. The van der Waals surface area contributed by atoms with E-state index in [0.29, 0.717) is 0 Å². The molecular weight excluding hydrogens is 238 g/mol. The molecule has 4 heteroatoms. The predicted molar refractivity (Wildman–Crippen MR) is 71.3 cm³/mol. The summed E-state index contributed by atoms with van der Waals surface area (Å²) in [6.45, 7) is 0. The van der Waals surface area contributed by atoms with Crippen molar-refractivity contribution in [3.8, 4) is 0 Å². The molecule has 1 aliphatic rings. The molecule has 1 saturated carbocycles. The van der Waals surface area contributed by atoms with Gasteiger partial charge in [0.1, 0.15) is 0 Å². The number of carbonyl (C=O) groups is 1. The third-order valence-electron chi connectivity index (χ3n) is 4.13. The number of hydrogen-bond donors (Lipinski definition) is 1. The standard InChI is InChI=1S/C15H15N3O/c16-14(19)15(12-4-2-8-18-10-12)6-5-13(15)11-3-1-7-17-9-11/h1-4,7-10,13H,5-6H2,(H2,16,19). The van der Waals surface area contributed by atoms with Crippen molar-refractivity contribution in [2.45, 2.75) is 24.2 Å².